The molecule has 0 unspecified atom stereocenters. The van der Waals surface area contributed by atoms with Gasteiger partial charge in [-0.3, -0.25) is 0 Å². The lowest BCUT2D eigenvalue weighted by Crippen LogP contribution is -2.39. The summed E-state index contributed by atoms with van der Waals surface area (Å²) in [5, 5.41) is 7.88. The van der Waals surface area contributed by atoms with E-state index in [1.807, 2.05) is 6.20 Å². The molecule has 2 N–H and O–H groups in total. The van der Waals surface area contributed by atoms with Crippen LogP contribution >= 0.6 is 11.3 Å². The van der Waals surface area contributed by atoms with Crippen LogP contribution in [0.3, 0.4) is 0 Å². The molecule has 5 nitrogen and oxygen atoms in total. The van der Waals surface area contributed by atoms with E-state index in [1.165, 1.54) is 37.0 Å². The van der Waals surface area contributed by atoms with E-state index in [0.717, 1.165) is 49.5 Å². The molecule has 6 heteroatoms. The van der Waals surface area contributed by atoms with Gasteiger partial charge in [0.15, 0.2) is 5.96 Å². The molecule has 1 saturated carbocycles. The Hall–Kier alpha value is -1.14. The maximum atomic E-state index is 4.67. The van der Waals surface area contributed by atoms with Crippen molar-refractivity contribution in [2.24, 2.45) is 4.99 Å². The number of guanidine groups is 1. The predicted octanol–water partition coefficient (Wildman–Crippen LogP) is 3.42. The summed E-state index contributed by atoms with van der Waals surface area (Å²) >= 11 is 1.76. The molecule has 2 rings (SSSR count). The first-order valence-corrected chi connectivity index (χ1v) is 10.7. The third-order valence-electron chi connectivity index (χ3n) is 4.84. The Balaban J connectivity index is 1.70. The SMILES string of the molecule is CCNC(=NCc1ncc(CC)s1)NCCCN(C)C1CCCCC1. The molecular weight excluding hydrogens is 330 g/mol. The van der Waals surface area contributed by atoms with E-state index >= 15 is 0 Å². The number of nitrogens with zero attached hydrogens (tertiary/aromatic N) is 3. The van der Waals surface area contributed by atoms with Crippen molar-refractivity contribution < 1.29 is 0 Å². The van der Waals surface area contributed by atoms with E-state index in [1.54, 1.807) is 11.3 Å². The summed E-state index contributed by atoms with van der Waals surface area (Å²) in [7, 11) is 2.28. The van der Waals surface area contributed by atoms with Crippen LogP contribution in [0.25, 0.3) is 0 Å². The topological polar surface area (TPSA) is 52.6 Å². The summed E-state index contributed by atoms with van der Waals surface area (Å²) in [6, 6.07) is 0.799. The summed E-state index contributed by atoms with van der Waals surface area (Å²) < 4.78 is 0. The fraction of sp³-hybridized carbons (Fsp3) is 0.789. The number of aromatic nitrogens is 1. The minimum atomic E-state index is 0.655. The number of rotatable bonds is 9. The molecule has 1 aromatic heterocycles. The van der Waals surface area contributed by atoms with E-state index in [4.69, 9.17) is 0 Å². The van der Waals surface area contributed by atoms with Gasteiger partial charge in [0, 0.05) is 30.2 Å². The molecular formula is C19H35N5S. The predicted molar refractivity (Wildman–Crippen MR) is 108 cm³/mol. The van der Waals surface area contributed by atoms with Gasteiger partial charge >= 0.3 is 0 Å². The van der Waals surface area contributed by atoms with Gasteiger partial charge in [-0.2, -0.15) is 0 Å². The van der Waals surface area contributed by atoms with Crippen molar-refractivity contribution in [1.29, 1.82) is 0 Å². The Morgan fingerprint density at radius 1 is 1.28 bits per heavy atom. The van der Waals surface area contributed by atoms with Gasteiger partial charge in [0.2, 0.25) is 0 Å². The number of nitrogens with one attached hydrogen (secondary N) is 2. The molecule has 0 aliphatic heterocycles. The third kappa shape index (κ3) is 7.32. The van der Waals surface area contributed by atoms with Crippen LogP contribution in [-0.4, -0.2) is 48.6 Å². The standard InChI is InChI=1S/C19H35N5S/c1-4-17-14-22-18(25-17)15-23-19(20-5-2)21-12-9-13-24(3)16-10-7-6-8-11-16/h14,16H,4-13,15H2,1-3H3,(H2,20,21,23). The highest BCUT2D eigenvalue weighted by Gasteiger charge is 2.17. The largest absolute Gasteiger partial charge is 0.357 e. The minimum absolute atomic E-state index is 0.655. The Morgan fingerprint density at radius 2 is 2.08 bits per heavy atom. The molecule has 25 heavy (non-hydrogen) atoms. The second-order valence-corrected chi connectivity index (χ2v) is 8.02. The van der Waals surface area contributed by atoms with Gasteiger partial charge in [0.25, 0.3) is 0 Å². The molecule has 1 aliphatic rings. The number of thiazole rings is 1. The zero-order chi connectivity index (χ0) is 17.9. The summed E-state index contributed by atoms with van der Waals surface area (Å²) in [4.78, 5) is 13.0. The van der Waals surface area contributed by atoms with E-state index in [-0.39, 0.29) is 0 Å². The molecule has 0 radical (unpaired) electrons. The van der Waals surface area contributed by atoms with Crippen molar-refractivity contribution in [1.82, 2.24) is 20.5 Å². The highest BCUT2D eigenvalue weighted by Crippen LogP contribution is 2.21. The zero-order valence-corrected chi connectivity index (χ0v) is 17.0. The first-order chi connectivity index (χ1) is 12.2. The van der Waals surface area contributed by atoms with Crippen molar-refractivity contribution >= 4 is 17.3 Å². The second-order valence-electron chi connectivity index (χ2n) is 6.82. The Bertz CT molecular complexity index is 508. The van der Waals surface area contributed by atoms with Crippen molar-refractivity contribution in [3.05, 3.63) is 16.1 Å². The van der Waals surface area contributed by atoms with Crippen LogP contribution in [0.15, 0.2) is 11.2 Å². The molecule has 0 bridgehead atoms. The maximum absolute atomic E-state index is 4.67. The summed E-state index contributed by atoms with van der Waals surface area (Å²) in [6.45, 7) is 7.92. The number of aliphatic imine (C=N–C) groups is 1. The van der Waals surface area contributed by atoms with Gasteiger partial charge in [-0.05, 0) is 46.2 Å². The Kier molecular flexibility index (Phi) is 9.26. The van der Waals surface area contributed by atoms with Crippen LogP contribution in [0, 0.1) is 0 Å². The van der Waals surface area contributed by atoms with Crippen LogP contribution in [0.4, 0.5) is 0 Å². The normalized spacial score (nSPS) is 16.4. The van der Waals surface area contributed by atoms with Gasteiger partial charge in [-0.25, -0.2) is 9.98 Å². The van der Waals surface area contributed by atoms with Crippen LogP contribution in [0.2, 0.25) is 0 Å². The third-order valence-corrected chi connectivity index (χ3v) is 5.97. The van der Waals surface area contributed by atoms with Gasteiger partial charge in [0.1, 0.15) is 5.01 Å². The lowest BCUT2D eigenvalue weighted by Gasteiger charge is -2.31. The number of hydrogen-bond donors (Lipinski definition) is 2. The summed E-state index contributed by atoms with van der Waals surface area (Å²) in [5.74, 6) is 0.899. The minimum Gasteiger partial charge on any atom is -0.357 e. The van der Waals surface area contributed by atoms with Crippen molar-refractivity contribution in [2.75, 3.05) is 26.7 Å². The lowest BCUT2D eigenvalue weighted by atomic mass is 9.94. The Labute approximate surface area is 157 Å². The highest BCUT2D eigenvalue weighted by molar-refractivity contribution is 7.11. The lowest BCUT2D eigenvalue weighted by molar-refractivity contribution is 0.190. The molecule has 0 saturated heterocycles. The molecule has 0 atom stereocenters. The molecule has 1 aromatic rings. The molecule has 0 spiro atoms. The molecule has 142 valence electrons. The van der Waals surface area contributed by atoms with Crippen LogP contribution < -0.4 is 10.6 Å². The smallest absolute Gasteiger partial charge is 0.191 e. The molecule has 0 amide bonds. The first kappa shape index (κ1) is 20.2. The van der Waals surface area contributed by atoms with Gasteiger partial charge in [0.05, 0.1) is 6.54 Å². The maximum Gasteiger partial charge on any atom is 0.191 e. The van der Waals surface area contributed by atoms with Crippen LogP contribution in [-0.2, 0) is 13.0 Å². The average molecular weight is 366 g/mol. The van der Waals surface area contributed by atoms with Gasteiger partial charge in [-0.1, -0.05) is 26.2 Å². The number of hydrogen-bond acceptors (Lipinski definition) is 4. The van der Waals surface area contributed by atoms with E-state index in [9.17, 15) is 0 Å². The summed E-state index contributed by atoms with van der Waals surface area (Å²) in [5.41, 5.74) is 0. The zero-order valence-electron chi connectivity index (χ0n) is 16.2. The van der Waals surface area contributed by atoms with E-state index in [0.29, 0.717) is 6.54 Å². The quantitative estimate of drug-likeness (QED) is 0.400. The Morgan fingerprint density at radius 3 is 2.76 bits per heavy atom. The molecule has 1 heterocycles. The summed E-state index contributed by atoms with van der Waals surface area (Å²) in [6.07, 6.45) is 11.2. The molecule has 1 fully saturated rings. The van der Waals surface area contributed by atoms with Gasteiger partial charge < -0.3 is 15.5 Å². The highest BCUT2D eigenvalue weighted by atomic mass is 32.1. The fourth-order valence-electron chi connectivity index (χ4n) is 3.31. The van der Waals surface area contributed by atoms with Crippen LogP contribution in [0.5, 0.6) is 0 Å². The number of aryl methyl sites for hydroxylation is 1. The van der Waals surface area contributed by atoms with Crippen LogP contribution in [0.1, 0.15) is 62.3 Å². The first-order valence-electron chi connectivity index (χ1n) is 9.89. The fourth-order valence-corrected chi connectivity index (χ4v) is 4.10. The monoisotopic (exact) mass is 365 g/mol. The van der Waals surface area contributed by atoms with E-state index in [2.05, 4.69) is 46.4 Å². The molecule has 0 aromatic carbocycles. The average Bonchev–Trinajstić information content (AvgIpc) is 3.11. The van der Waals surface area contributed by atoms with Gasteiger partial charge in [-0.15, -0.1) is 11.3 Å². The second kappa shape index (κ2) is 11.5. The van der Waals surface area contributed by atoms with Crippen molar-refractivity contribution in [3.63, 3.8) is 0 Å². The molecule has 1 aliphatic carbocycles. The van der Waals surface area contributed by atoms with Crippen molar-refractivity contribution in [2.45, 2.75) is 71.4 Å². The van der Waals surface area contributed by atoms with E-state index < -0.39 is 0 Å². The van der Waals surface area contributed by atoms with Crippen molar-refractivity contribution in [3.8, 4) is 0 Å².